The molecule has 2 heterocycles. The van der Waals surface area contributed by atoms with Gasteiger partial charge in [0.2, 0.25) is 0 Å². The highest BCUT2D eigenvalue weighted by molar-refractivity contribution is 5.54. The Bertz CT molecular complexity index is 2190. The van der Waals surface area contributed by atoms with Crippen molar-refractivity contribution in [1.29, 1.82) is 0 Å². The number of aromatic nitrogens is 4. The molecule has 53 heavy (non-hydrogen) atoms. The number of nitrogens with two attached hydrogens (primary N) is 1. The maximum absolute atomic E-state index is 15.8. The number of aliphatic imine (C=N–C) groups is 1. The zero-order chi connectivity index (χ0) is 38.2. The number of hydrogen-bond donors (Lipinski definition) is 2. The molecule has 274 valence electrons. The Hall–Kier alpha value is -6.14. The highest BCUT2D eigenvalue weighted by Gasteiger charge is 2.57. The summed E-state index contributed by atoms with van der Waals surface area (Å²) in [5.74, 6) is 4.87. The Kier molecular flexibility index (Phi) is 11.8. The van der Waals surface area contributed by atoms with Crippen LogP contribution in [0, 0.1) is 29.4 Å². The van der Waals surface area contributed by atoms with Crippen molar-refractivity contribution in [2.24, 2.45) is 27.1 Å². The van der Waals surface area contributed by atoms with E-state index < -0.39 is 41.0 Å². The number of hydrogen-bond acceptors (Lipinski definition) is 7. The van der Waals surface area contributed by atoms with Crippen molar-refractivity contribution in [2.75, 3.05) is 6.54 Å². The van der Waals surface area contributed by atoms with Gasteiger partial charge in [-0.15, -0.1) is 5.11 Å². The average Bonchev–Trinajstić information content (AvgIpc) is 3.52. The molecule has 3 aromatic carbocycles. The van der Waals surface area contributed by atoms with Crippen molar-refractivity contribution in [1.82, 2.24) is 19.3 Å². The van der Waals surface area contributed by atoms with Crippen molar-refractivity contribution >= 4 is 6.34 Å². The molecule has 11 nitrogen and oxygen atoms in total. The van der Waals surface area contributed by atoms with E-state index in [1.807, 2.05) is 31.2 Å². The predicted molar refractivity (Wildman–Crippen MR) is 190 cm³/mol. The zero-order valence-corrected chi connectivity index (χ0v) is 29.0. The number of rotatable bonds is 13. The molecule has 5 rings (SSSR count). The molecular formula is C38H36F4N8O3. The lowest BCUT2D eigenvalue weighted by Gasteiger charge is -2.34. The molecule has 0 bridgehead atoms. The first kappa shape index (κ1) is 38.1. The third kappa shape index (κ3) is 8.50. The monoisotopic (exact) mass is 728 g/mol. The van der Waals surface area contributed by atoms with E-state index in [4.69, 9.17) is 10.6 Å². The summed E-state index contributed by atoms with van der Waals surface area (Å²) < 4.78 is 68.9. The first-order chi connectivity index (χ1) is 25.4. The number of benzene rings is 3. The highest BCUT2D eigenvalue weighted by atomic mass is 19.3. The molecule has 1 unspecified atom stereocenters. The molecule has 0 fully saturated rings. The number of aliphatic hydroxyl groups is 1. The minimum atomic E-state index is -4.21. The first-order valence-corrected chi connectivity index (χ1v) is 16.5. The van der Waals surface area contributed by atoms with Gasteiger partial charge in [-0.1, -0.05) is 50.0 Å². The van der Waals surface area contributed by atoms with Gasteiger partial charge in [0, 0.05) is 29.0 Å². The van der Waals surface area contributed by atoms with Crippen LogP contribution in [-0.2, 0) is 18.1 Å². The molecule has 0 amide bonds. The average molecular weight is 729 g/mol. The Balaban J connectivity index is 1.23. The van der Waals surface area contributed by atoms with E-state index in [0.717, 1.165) is 30.3 Å². The second-order valence-corrected chi connectivity index (χ2v) is 12.4. The van der Waals surface area contributed by atoms with E-state index in [2.05, 4.69) is 51.1 Å². The number of halogens is 4. The molecule has 0 aliphatic heterocycles. The van der Waals surface area contributed by atoms with Gasteiger partial charge in [0.25, 0.3) is 0 Å². The van der Waals surface area contributed by atoms with Crippen LogP contribution in [0.2, 0.25) is 0 Å². The first-order valence-electron chi connectivity index (χ1n) is 16.5. The van der Waals surface area contributed by atoms with Crippen LogP contribution >= 0.6 is 0 Å². The van der Waals surface area contributed by atoms with Gasteiger partial charge in [0.1, 0.15) is 42.4 Å². The van der Waals surface area contributed by atoms with Crippen molar-refractivity contribution in [2.45, 2.75) is 51.4 Å². The van der Waals surface area contributed by atoms with Crippen LogP contribution in [0.4, 0.5) is 17.6 Å². The van der Waals surface area contributed by atoms with E-state index in [0.29, 0.717) is 35.5 Å². The third-order valence-electron chi connectivity index (χ3n) is 8.52. The van der Waals surface area contributed by atoms with Crippen LogP contribution in [0.5, 0.6) is 5.75 Å². The normalized spacial score (nSPS) is 13.6. The highest BCUT2D eigenvalue weighted by Crippen LogP contribution is 2.46. The molecule has 0 radical (unpaired) electrons. The lowest BCUT2D eigenvalue weighted by Crippen LogP contribution is -2.47. The van der Waals surface area contributed by atoms with Crippen LogP contribution in [0.3, 0.4) is 0 Å². The van der Waals surface area contributed by atoms with Gasteiger partial charge in [-0.25, -0.2) is 22.8 Å². The molecular weight excluding hydrogens is 692 g/mol. The van der Waals surface area contributed by atoms with Gasteiger partial charge in [-0.2, -0.15) is 13.9 Å². The van der Waals surface area contributed by atoms with Gasteiger partial charge in [0.05, 0.1) is 18.3 Å². The fourth-order valence-electron chi connectivity index (χ4n) is 5.63. The fourth-order valence-corrected chi connectivity index (χ4v) is 5.63. The topological polar surface area (TPSA) is 145 Å². The Morgan fingerprint density at radius 2 is 1.70 bits per heavy atom. The van der Waals surface area contributed by atoms with Gasteiger partial charge in [-0.3, -0.25) is 9.98 Å². The third-order valence-corrected chi connectivity index (χ3v) is 8.52. The Morgan fingerprint density at radius 1 is 1.00 bits per heavy atom. The second-order valence-electron chi connectivity index (χ2n) is 12.4. The standard InChI is InChI=1S/C38H36F4N8O3/c1-4-34(25(2)3)50-36(51)49(24-47-50)30-13-7-28(8-14-30)21-53-31-15-9-26(10-16-31)5-6-27-11-18-35(45-20-27)38(41,42)37(52,22-44-23-46-48-43)32-17-12-29(39)19-33(32)40/h7-20,23-25,34,52H,4,21-22H2,1-3H3,(H2,43,44,46)/t34-,37?/m0/s1. The molecule has 0 saturated carbocycles. The summed E-state index contributed by atoms with van der Waals surface area (Å²) in [6.45, 7) is 5.37. The van der Waals surface area contributed by atoms with Gasteiger partial charge in [-0.05, 0) is 78.6 Å². The Labute approximate surface area is 302 Å². The molecule has 0 saturated heterocycles. The van der Waals surface area contributed by atoms with Crippen molar-refractivity contribution in [3.05, 3.63) is 141 Å². The van der Waals surface area contributed by atoms with Gasteiger partial charge in [0.15, 0.2) is 5.60 Å². The van der Waals surface area contributed by atoms with Crippen LogP contribution in [0.15, 0.2) is 112 Å². The van der Waals surface area contributed by atoms with E-state index in [1.165, 1.54) is 21.6 Å². The van der Waals surface area contributed by atoms with Gasteiger partial charge >= 0.3 is 11.6 Å². The van der Waals surface area contributed by atoms with Crippen molar-refractivity contribution in [3.63, 3.8) is 0 Å². The molecule has 0 aliphatic rings. The number of ether oxygens (including phenoxy) is 1. The maximum Gasteiger partial charge on any atom is 0.350 e. The minimum Gasteiger partial charge on any atom is -0.489 e. The van der Waals surface area contributed by atoms with E-state index in [9.17, 15) is 18.7 Å². The molecule has 0 spiro atoms. The summed E-state index contributed by atoms with van der Waals surface area (Å²) in [5.41, 5.74) is -2.79. The van der Waals surface area contributed by atoms with Crippen LogP contribution in [0.25, 0.3) is 5.69 Å². The molecule has 5 aromatic rings. The summed E-state index contributed by atoms with van der Waals surface area (Å²) >= 11 is 0. The maximum atomic E-state index is 15.8. The summed E-state index contributed by atoms with van der Waals surface area (Å²) in [4.78, 5) is 20.3. The molecule has 3 N–H and O–H groups in total. The van der Waals surface area contributed by atoms with E-state index in [1.54, 1.807) is 24.3 Å². The van der Waals surface area contributed by atoms with E-state index in [-0.39, 0.29) is 29.8 Å². The Morgan fingerprint density at radius 3 is 2.32 bits per heavy atom. The number of nitrogens with zero attached hydrogens (tertiary/aromatic N) is 7. The summed E-state index contributed by atoms with van der Waals surface area (Å²) in [5, 5.41) is 21.6. The zero-order valence-electron chi connectivity index (χ0n) is 29.0. The van der Waals surface area contributed by atoms with Crippen molar-refractivity contribution < 1.29 is 27.4 Å². The van der Waals surface area contributed by atoms with Crippen LogP contribution in [-0.4, -0.2) is 37.3 Å². The van der Waals surface area contributed by atoms with Crippen molar-refractivity contribution in [3.8, 4) is 23.3 Å². The SMILES string of the molecule is CC[C@@H](C(C)C)n1ncn(-c2ccc(COc3ccc(C#Cc4ccc(C(F)(F)C(O)(CN=CN=NN)c5ccc(F)cc5F)nc4)cc3)cc2)c1=O. The van der Waals surface area contributed by atoms with Crippen LogP contribution < -0.4 is 16.3 Å². The predicted octanol–water partition coefficient (Wildman–Crippen LogP) is 6.63. The molecule has 15 heteroatoms. The summed E-state index contributed by atoms with van der Waals surface area (Å²) in [6.07, 6.45) is 4.14. The number of alkyl halides is 2. The summed E-state index contributed by atoms with van der Waals surface area (Å²) in [7, 11) is 0. The summed E-state index contributed by atoms with van der Waals surface area (Å²) in [6, 6.07) is 18.4. The largest absolute Gasteiger partial charge is 0.489 e. The molecule has 2 aromatic heterocycles. The van der Waals surface area contributed by atoms with Gasteiger partial charge < -0.3 is 15.7 Å². The number of pyridine rings is 1. The smallest absolute Gasteiger partial charge is 0.350 e. The minimum absolute atomic E-state index is 0.0194. The van der Waals surface area contributed by atoms with Crippen LogP contribution in [0.1, 0.15) is 61.2 Å². The second kappa shape index (κ2) is 16.5. The molecule has 2 atom stereocenters. The fraction of sp³-hybridized carbons (Fsp3) is 0.263. The lowest BCUT2D eigenvalue weighted by atomic mass is 9.84. The quantitative estimate of drug-likeness (QED) is 0.0265. The lowest BCUT2D eigenvalue weighted by molar-refractivity contribution is -0.193. The molecule has 0 aliphatic carbocycles. The van der Waals surface area contributed by atoms with E-state index >= 15 is 8.78 Å².